The number of alkyl halides is 2. The summed E-state index contributed by atoms with van der Waals surface area (Å²) in [6, 6.07) is 9.55. The van der Waals surface area contributed by atoms with Crippen LogP contribution in [-0.2, 0) is 22.0 Å². The van der Waals surface area contributed by atoms with E-state index in [9.17, 15) is 13.2 Å². The van der Waals surface area contributed by atoms with Crippen LogP contribution in [0.2, 0.25) is 0 Å². The van der Waals surface area contributed by atoms with Crippen molar-refractivity contribution in [2.24, 2.45) is 0 Å². The van der Waals surface area contributed by atoms with Gasteiger partial charge in [-0.1, -0.05) is 51.0 Å². The molecule has 1 heterocycles. The topological polar surface area (TPSA) is 18.5 Å². The lowest BCUT2D eigenvalue weighted by Crippen LogP contribution is -2.35. The first-order valence-electron chi connectivity index (χ1n) is 10.9. The van der Waals surface area contributed by atoms with Crippen molar-refractivity contribution >= 4 is 0 Å². The monoisotopic (exact) mass is 420 g/mol. The largest absolute Gasteiger partial charge is 0.383 e. The van der Waals surface area contributed by atoms with Crippen LogP contribution in [0.25, 0.3) is 11.1 Å². The number of ether oxygens (including phenoxy) is 2. The molecular formula is C25H31F3O2. The molecule has 0 spiro atoms. The van der Waals surface area contributed by atoms with Crippen molar-refractivity contribution in [2.45, 2.75) is 77.6 Å². The van der Waals surface area contributed by atoms with Gasteiger partial charge in [-0.15, -0.1) is 0 Å². The van der Waals surface area contributed by atoms with Gasteiger partial charge in [-0.25, -0.2) is 4.39 Å². The lowest BCUT2D eigenvalue weighted by Gasteiger charge is -2.31. The Labute approximate surface area is 177 Å². The fourth-order valence-electron chi connectivity index (χ4n) is 4.06. The van der Waals surface area contributed by atoms with E-state index in [-0.39, 0.29) is 24.1 Å². The van der Waals surface area contributed by atoms with E-state index in [0.29, 0.717) is 35.1 Å². The summed E-state index contributed by atoms with van der Waals surface area (Å²) in [7, 11) is 0. The predicted octanol–water partition coefficient (Wildman–Crippen LogP) is 7.17. The third-order valence-corrected chi connectivity index (χ3v) is 5.77. The van der Waals surface area contributed by atoms with Crippen LogP contribution in [0, 0.1) is 12.7 Å². The molecule has 1 aliphatic rings. The van der Waals surface area contributed by atoms with Crippen molar-refractivity contribution in [1.82, 2.24) is 0 Å². The zero-order chi connectivity index (χ0) is 21.7. The van der Waals surface area contributed by atoms with E-state index >= 15 is 0 Å². The summed E-state index contributed by atoms with van der Waals surface area (Å²) in [5.41, 5.74) is 2.44. The van der Waals surface area contributed by atoms with Crippen LogP contribution in [0.5, 0.6) is 0 Å². The maximum absolute atomic E-state index is 14.7. The van der Waals surface area contributed by atoms with Crippen molar-refractivity contribution in [3.63, 3.8) is 0 Å². The van der Waals surface area contributed by atoms with Crippen LogP contribution in [-0.4, -0.2) is 18.8 Å². The van der Waals surface area contributed by atoms with Crippen molar-refractivity contribution in [3.8, 4) is 11.1 Å². The number of rotatable bonds is 8. The maximum atomic E-state index is 14.7. The molecule has 2 aromatic carbocycles. The Balaban J connectivity index is 1.70. The highest BCUT2D eigenvalue weighted by Crippen LogP contribution is 2.35. The molecule has 0 bridgehead atoms. The Bertz CT molecular complexity index is 825. The molecule has 0 aliphatic carbocycles. The minimum atomic E-state index is -3.39. The normalized spacial score (nSPS) is 19.8. The van der Waals surface area contributed by atoms with Crippen molar-refractivity contribution < 1.29 is 22.6 Å². The van der Waals surface area contributed by atoms with Gasteiger partial charge in [0.05, 0.1) is 24.4 Å². The summed E-state index contributed by atoms with van der Waals surface area (Å²) in [6.07, 6.45) is 0.964. The zero-order valence-electron chi connectivity index (χ0n) is 18.0. The van der Waals surface area contributed by atoms with Gasteiger partial charge in [0.2, 0.25) is 0 Å². The number of benzene rings is 2. The number of hydrogen-bond acceptors (Lipinski definition) is 2. The Kier molecular flexibility index (Phi) is 7.59. The molecule has 1 aliphatic heterocycles. The quantitative estimate of drug-likeness (QED) is 0.451. The summed E-state index contributed by atoms with van der Waals surface area (Å²) in [5.74, 6) is -0.217. The first-order valence-corrected chi connectivity index (χ1v) is 10.9. The molecule has 3 rings (SSSR count). The fourth-order valence-corrected chi connectivity index (χ4v) is 4.06. The van der Waals surface area contributed by atoms with Crippen LogP contribution < -0.4 is 0 Å². The molecule has 2 aromatic rings. The summed E-state index contributed by atoms with van der Waals surface area (Å²) in [5, 5.41) is 0. The Morgan fingerprint density at radius 2 is 1.77 bits per heavy atom. The average molecular weight is 421 g/mol. The molecule has 5 heteroatoms. The lowest BCUT2D eigenvalue weighted by atomic mass is 9.95. The van der Waals surface area contributed by atoms with E-state index in [2.05, 4.69) is 6.92 Å². The van der Waals surface area contributed by atoms with Gasteiger partial charge in [-0.05, 0) is 67.0 Å². The Morgan fingerprint density at radius 1 is 1.03 bits per heavy atom. The van der Waals surface area contributed by atoms with Gasteiger partial charge in [0, 0.05) is 0 Å². The first kappa shape index (κ1) is 22.8. The maximum Gasteiger partial charge on any atom is 0.383 e. The van der Waals surface area contributed by atoms with Gasteiger partial charge in [0.25, 0.3) is 0 Å². The number of hydrogen-bond donors (Lipinski definition) is 0. The van der Waals surface area contributed by atoms with Crippen LogP contribution in [0.3, 0.4) is 0 Å². The Morgan fingerprint density at radius 3 is 2.37 bits per heavy atom. The molecular weight excluding hydrogens is 389 g/mol. The van der Waals surface area contributed by atoms with Crippen LogP contribution >= 0.6 is 0 Å². The molecule has 2 unspecified atom stereocenters. The fraction of sp³-hybridized carbons (Fsp3) is 0.520. The molecule has 2 atom stereocenters. The molecule has 1 saturated heterocycles. The third kappa shape index (κ3) is 5.25. The van der Waals surface area contributed by atoms with Crippen molar-refractivity contribution in [2.75, 3.05) is 6.61 Å². The van der Waals surface area contributed by atoms with Gasteiger partial charge < -0.3 is 9.47 Å². The molecule has 0 aromatic heterocycles. The van der Waals surface area contributed by atoms with Gasteiger partial charge in [-0.3, -0.25) is 0 Å². The molecule has 2 nitrogen and oxygen atoms in total. The van der Waals surface area contributed by atoms with Crippen molar-refractivity contribution in [1.29, 1.82) is 0 Å². The van der Waals surface area contributed by atoms with E-state index in [1.165, 1.54) is 12.1 Å². The highest BCUT2D eigenvalue weighted by Gasteiger charge is 2.37. The van der Waals surface area contributed by atoms with E-state index < -0.39 is 12.2 Å². The SMILES string of the molecule is CCCc1ccc(-c2ccc(C(F)(F)OC3CCC(CCC)OC3)cc2)c(C)c1F. The number of aryl methyl sites for hydroxylation is 1. The molecule has 0 N–H and O–H groups in total. The second-order valence-electron chi connectivity index (χ2n) is 8.12. The first-order chi connectivity index (χ1) is 14.4. The molecule has 0 amide bonds. The third-order valence-electron chi connectivity index (χ3n) is 5.77. The van der Waals surface area contributed by atoms with Gasteiger partial charge in [-0.2, -0.15) is 8.78 Å². The van der Waals surface area contributed by atoms with E-state index in [0.717, 1.165) is 25.7 Å². The van der Waals surface area contributed by atoms with Gasteiger partial charge in [0.15, 0.2) is 0 Å². The lowest BCUT2D eigenvalue weighted by molar-refractivity contribution is -0.288. The summed E-state index contributed by atoms with van der Waals surface area (Å²) < 4.78 is 54.7. The van der Waals surface area contributed by atoms with Crippen LogP contribution in [0.4, 0.5) is 13.2 Å². The van der Waals surface area contributed by atoms with Crippen molar-refractivity contribution in [3.05, 3.63) is 58.9 Å². The minimum absolute atomic E-state index is 0.148. The number of halogens is 3. The predicted molar refractivity (Wildman–Crippen MR) is 113 cm³/mol. The summed E-state index contributed by atoms with van der Waals surface area (Å²) >= 11 is 0. The highest BCUT2D eigenvalue weighted by atomic mass is 19.3. The second-order valence-corrected chi connectivity index (χ2v) is 8.12. The highest BCUT2D eigenvalue weighted by molar-refractivity contribution is 5.68. The standard InChI is InChI=1S/C25H31F3O2/c1-4-6-19-10-15-23(17(3)24(19)26)18-8-11-20(12-9-18)25(27,28)30-22-14-13-21(7-5-2)29-16-22/h8-12,15,21-22H,4-7,13-14,16H2,1-3H3. The second kappa shape index (κ2) is 9.97. The van der Waals surface area contributed by atoms with E-state index in [1.54, 1.807) is 25.1 Å². The van der Waals surface area contributed by atoms with Crippen LogP contribution in [0.15, 0.2) is 36.4 Å². The molecule has 0 radical (unpaired) electrons. The molecule has 164 valence electrons. The average Bonchev–Trinajstić information content (AvgIpc) is 2.73. The summed E-state index contributed by atoms with van der Waals surface area (Å²) in [4.78, 5) is 0. The van der Waals surface area contributed by atoms with Gasteiger partial charge >= 0.3 is 6.11 Å². The molecule has 0 saturated carbocycles. The molecule has 30 heavy (non-hydrogen) atoms. The van der Waals surface area contributed by atoms with Gasteiger partial charge in [0.1, 0.15) is 5.82 Å². The van der Waals surface area contributed by atoms with E-state index in [4.69, 9.17) is 9.47 Å². The van der Waals surface area contributed by atoms with Crippen LogP contribution in [0.1, 0.15) is 62.6 Å². The molecule has 1 fully saturated rings. The zero-order valence-corrected chi connectivity index (χ0v) is 18.0. The summed E-state index contributed by atoms with van der Waals surface area (Å²) in [6.45, 7) is 6.01. The Hall–Kier alpha value is -1.85. The van der Waals surface area contributed by atoms with E-state index in [1.807, 2.05) is 13.0 Å². The minimum Gasteiger partial charge on any atom is -0.376 e. The smallest absolute Gasteiger partial charge is 0.376 e.